The zero-order chi connectivity index (χ0) is 15.5. The number of carbonyl (C=O) groups excluding carboxylic acids is 1. The number of rotatable bonds is 4. The van der Waals surface area contributed by atoms with E-state index in [1.54, 1.807) is 0 Å². The summed E-state index contributed by atoms with van der Waals surface area (Å²) in [5.41, 5.74) is 0.648. The Morgan fingerprint density at radius 2 is 1.90 bits per heavy atom. The van der Waals surface area contributed by atoms with E-state index in [0.29, 0.717) is 35.2 Å². The predicted molar refractivity (Wildman–Crippen MR) is 78.0 cm³/mol. The Balaban J connectivity index is 2.04. The molecule has 0 radical (unpaired) electrons. The van der Waals surface area contributed by atoms with Crippen molar-refractivity contribution in [1.82, 2.24) is 0 Å². The molecule has 0 fully saturated rings. The number of carbonyl (C=O) groups is 1. The Bertz CT molecular complexity index is 654. The van der Waals surface area contributed by atoms with Crippen molar-refractivity contribution >= 4 is 33.2 Å². The average Bonchev–Trinajstić information content (AvgIpc) is 2.39. The maximum absolute atomic E-state index is 12.2. The average molecular weight is 333 g/mol. The summed E-state index contributed by atoms with van der Waals surface area (Å²) >= 11 is 0.417. The van der Waals surface area contributed by atoms with Crippen molar-refractivity contribution in [3.05, 3.63) is 35.2 Å². The molecule has 0 saturated heterocycles. The molecular weight excluding hydrogens is 320 g/mol. The summed E-state index contributed by atoms with van der Waals surface area (Å²) in [6.07, 6.45) is 0.829. The van der Waals surface area contributed by atoms with Gasteiger partial charge in [-0.3, -0.25) is 4.79 Å². The van der Waals surface area contributed by atoms with E-state index in [4.69, 9.17) is 0 Å². The third kappa shape index (κ3) is 4.82. The van der Waals surface area contributed by atoms with Gasteiger partial charge in [-0.1, -0.05) is 11.8 Å². The summed E-state index contributed by atoms with van der Waals surface area (Å²) < 4.78 is 47.2. The first-order valence-electron chi connectivity index (χ1n) is 6.15. The summed E-state index contributed by atoms with van der Waals surface area (Å²) in [6.45, 7) is 0. The minimum absolute atomic E-state index is 0.0589. The maximum Gasteiger partial charge on any atom is 0.288 e. The molecule has 2 rings (SSSR count). The monoisotopic (exact) mass is 333 g/mol. The van der Waals surface area contributed by atoms with Gasteiger partial charge in [0.2, 0.25) is 0 Å². The van der Waals surface area contributed by atoms with Gasteiger partial charge < -0.3 is 5.32 Å². The van der Waals surface area contributed by atoms with Crippen LogP contribution in [-0.2, 0) is 14.6 Å². The molecule has 1 aliphatic rings. The molecule has 21 heavy (non-hydrogen) atoms. The molecule has 114 valence electrons. The zero-order valence-corrected chi connectivity index (χ0v) is 12.5. The molecule has 0 aromatic heterocycles. The van der Waals surface area contributed by atoms with Crippen molar-refractivity contribution in [2.24, 2.45) is 0 Å². The standard InChI is InChI=1S/C13H13F2NO3S2/c14-13(15)20-11-5-3-10(4-6-11)16-12(17)9-2-1-7-21(18,19)8-9/h3-6,8,13H,1-2,7H2,(H,16,17). The Labute approximate surface area is 125 Å². The second-order valence-electron chi connectivity index (χ2n) is 4.47. The van der Waals surface area contributed by atoms with Crippen LogP contribution in [0.25, 0.3) is 0 Å². The number of benzene rings is 1. The minimum atomic E-state index is -3.30. The SMILES string of the molecule is O=C(Nc1ccc(SC(F)F)cc1)C1=CS(=O)(=O)CCC1. The highest BCUT2D eigenvalue weighted by Crippen LogP contribution is 2.26. The first-order valence-corrected chi connectivity index (χ1v) is 8.75. The quantitative estimate of drug-likeness (QED) is 0.860. The van der Waals surface area contributed by atoms with E-state index in [0.717, 1.165) is 5.41 Å². The largest absolute Gasteiger partial charge is 0.322 e. The van der Waals surface area contributed by atoms with E-state index in [-0.39, 0.29) is 11.3 Å². The van der Waals surface area contributed by atoms with E-state index in [2.05, 4.69) is 5.32 Å². The lowest BCUT2D eigenvalue weighted by Gasteiger charge is -2.13. The Kier molecular flexibility index (Phi) is 5.00. The Morgan fingerprint density at radius 1 is 1.24 bits per heavy atom. The fourth-order valence-electron chi connectivity index (χ4n) is 1.90. The molecule has 4 nitrogen and oxygen atoms in total. The molecule has 1 N–H and O–H groups in total. The predicted octanol–water partition coefficient (Wildman–Crippen LogP) is 3.03. The summed E-state index contributed by atoms with van der Waals surface area (Å²) in [7, 11) is -3.30. The molecule has 1 aromatic rings. The third-order valence-corrected chi connectivity index (χ3v) is 5.05. The van der Waals surface area contributed by atoms with Gasteiger partial charge >= 0.3 is 0 Å². The molecule has 8 heteroatoms. The molecule has 1 heterocycles. The first-order chi connectivity index (χ1) is 9.85. The van der Waals surface area contributed by atoms with Crippen LogP contribution in [0.2, 0.25) is 0 Å². The number of hydrogen-bond donors (Lipinski definition) is 1. The summed E-state index contributed by atoms with van der Waals surface area (Å²) in [5.74, 6) is -2.92. The number of nitrogens with one attached hydrogen (secondary N) is 1. The summed E-state index contributed by atoms with van der Waals surface area (Å²) in [5, 5.41) is 3.57. The van der Waals surface area contributed by atoms with E-state index in [9.17, 15) is 22.0 Å². The molecule has 1 aliphatic heterocycles. The number of sulfone groups is 1. The molecule has 0 aliphatic carbocycles. The molecule has 0 atom stereocenters. The van der Waals surface area contributed by atoms with Crippen LogP contribution in [0.4, 0.5) is 14.5 Å². The lowest BCUT2D eigenvalue weighted by Crippen LogP contribution is -2.20. The van der Waals surface area contributed by atoms with Crippen molar-refractivity contribution in [1.29, 1.82) is 0 Å². The van der Waals surface area contributed by atoms with Crippen LogP contribution < -0.4 is 5.32 Å². The first kappa shape index (κ1) is 16.0. The van der Waals surface area contributed by atoms with Gasteiger partial charge in [-0.25, -0.2) is 8.42 Å². The van der Waals surface area contributed by atoms with Crippen molar-refractivity contribution in [2.75, 3.05) is 11.1 Å². The number of alkyl halides is 2. The van der Waals surface area contributed by atoms with Gasteiger partial charge in [0.05, 0.1) is 5.75 Å². The van der Waals surface area contributed by atoms with E-state index < -0.39 is 21.5 Å². The minimum Gasteiger partial charge on any atom is -0.322 e. The fourth-order valence-corrected chi connectivity index (χ4v) is 3.72. The van der Waals surface area contributed by atoms with Gasteiger partial charge in [-0.2, -0.15) is 8.78 Å². The topological polar surface area (TPSA) is 63.2 Å². The lowest BCUT2D eigenvalue weighted by atomic mass is 10.1. The van der Waals surface area contributed by atoms with Crippen LogP contribution in [-0.4, -0.2) is 25.8 Å². The van der Waals surface area contributed by atoms with Crippen molar-refractivity contribution in [3.8, 4) is 0 Å². The molecule has 0 bridgehead atoms. The summed E-state index contributed by atoms with van der Waals surface area (Å²) in [4.78, 5) is 12.3. The number of halogens is 2. The van der Waals surface area contributed by atoms with E-state index >= 15 is 0 Å². The fraction of sp³-hybridized carbons (Fsp3) is 0.308. The summed E-state index contributed by atoms with van der Waals surface area (Å²) in [6, 6.07) is 5.94. The molecule has 1 aromatic carbocycles. The smallest absolute Gasteiger partial charge is 0.288 e. The number of anilines is 1. The van der Waals surface area contributed by atoms with Gasteiger partial charge in [0, 0.05) is 21.6 Å². The highest BCUT2D eigenvalue weighted by Gasteiger charge is 2.20. The molecule has 1 amide bonds. The van der Waals surface area contributed by atoms with Gasteiger partial charge in [-0.05, 0) is 37.1 Å². The molecule has 0 unspecified atom stereocenters. The third-order valence-electron chi connectivity index (χ3n) is 2.83. The van der Waals surface area contributed by atoms with Crippen LogP contribution in [0.3, 0.4) is 0 Å². The molecular formula is C13H13F2NO3S2. The van der Waals surface area contributed by atoms with Crippen molar-refractivity contribution in [2.45, 2.75) is 23.5 Å². The normalized spacial score (nSPS) is 17.4. The van der Waals surface area contributed by atoms with Gasteiger partial charge in [0.1, 0.15) is 0 Å². The van der Waals surface area contributed by atoms with Crippen molar-refractivity contribution < 1.29 is 22.0 Å². The van der Waals surface area contributed by atoms with Crippen LogP contribution in [0.5, 0.6) is 0 Å². The van der Waals surface area contributed by atoms with Crippen LogP contribution >= 0.6 is 11.8 Å². The highest BCUT2D eigenvalue weighted by molar-refractivity contribution is 7.99. The van der Waals surface area contributed by atoms with E-state index in [1.165, 1.54) is 24.3 Å². The second kappa shape index (κ2) is 6.57. The number of hydrogen-bond acceptors (Lipinski definition) is 4. The maximum atomic E-state index is 12.2. The van der Waals surface area contributed by atoms with Crippen LogP contribution in [0, 0.1) is 0 Å². The lowest BCUT2D eigenvalue weighted by molar-refractivity contribution is -0.113. The van der Waals surface area contributed by atoms with Crippen LogP contribution in [0.1, 0.15) is 12.8 Å². The zero-order valence-electron chi connectivity index (χ0n) is 10.9. The van der Waals surface area contributed by atoms with Gasteiger partial charge in [0.15, 0.2) is 9.84 Å². The highest BCUT2D eigenvalue weighted by atomic mass is 32.2. The second-order valence-corrected chi connectivity index (χ2v) is 7.50. The Morgan fingerprint density at radius 3 is 2.48 bits per heavy atom. The molecule has 0 saturated carbocycles. The van der Waals surface area contributed by atoms with E-state index in [1.807, 2.05) is 0 Å². The van der Waals surface area contributed by atoms with Crippen LogP contribution in [0.15, 0.2) is 40.1 Å². The Hall–Kier alpha value is -1.41. The molecule has 0 spiro atoms. The number of amides is 1. The van der Waals surface area contributed by atoms with Gasteiger partial charge in [0.25, 0.3) is 11.7 Å². The van der Waals surface area contributed by atoms with Gasteiger partial charge in [-0.15, -0.1) is 0 Å². The van der Waals surface area contributed by atoms with Crippen molar-refractivity contribution in [3.63, 3.8) is 0 Å². The number of thioether (sulfide) groups is 1.